The van der Waals surface area contributed by atoms with Crippen molar-refractivity contribution >= 4 is 27.0 Å². The molecular weight excluding hydrogens is 412 g/mol. The van der Waals surface area contributed by atoms with Crippen molar-refractivity contribution in [1.82, 2.24) is 19.6 Å². The summed E-state index contributed by atoms with van der Waals surface area (Å²) < 4.78 is 28.0. The van der Waals surface area contributed by atoms with Crippen LogP contribution in [-0.2, 0) is 10.0 Å². The van der Waals surface area contributed by atoms with Gasteiger partial charge in [0.1, 0.15) is 0 Å². The highest BCUT2D eigenvalue weighted by Crippen LogP contribution is 2.20. The van der Waals surface area contributed by atoms with Gasteiger partial charge in [-0.15, -0.1) is 0 Å². The minimum Gasteiger partial charge on any atom is -0.339 e. The van der Waals surface area contributed by atoms with Gasteiger partial charge in [-0.05, 0) is 63.9 Å². The standard InChI is InChI=1S/C23H26N4O3S/c1-15-4-7-20(8-5-15)31(29,30)26-19-10-12-27(13-11-19)23(28)18-6-9-21-22(14-18)25-17(3)16(2)24-21/h4-9,14,19,26H,10-13H2,1-3H3. The number of aryl methyl sites for hydroxylation is 3. The average Bonchev–Trinajstić information content (AvgIpc) is 2.74. The lowest BCUT2D eigenvalue weighted by Crippen LogP contribution is -2.46. The number of sulfonamides is 1. The zero-order valence-corrected chi connectivity index (χ0v) is 18.7. The number of rotatable bonds is 4. The van der Waals surface area contributed by atoms with Crippen molar-refractivity contribution in [3.05, 3.63) is 65.0 Å². The molecule has 1 saturated heterocycles. The highest BCUT2D eigenvalue weighted by Gasteiger charge is 2.27. The molecule has 162 valence electrons. The Morgan fingerprint density at radius 2 is 1.55 bits per heavy atom. The summed E-state index contributed by atoms with van der Waals surface area (Å²) in [6.45, 7) is 6.73. The number of nitrogens with zero attached hydrogens (tertiary/aromatic N) is 3. The number of carbonyl (C=O) groups excluding carboxylic acids is 1. The number of hydrogen-bond acceptors (Lipinski definition) is 5. The summed E-state index contributed by atoms with van der Waals surface area (Å²) in [6.07, 6.45) is 1.14. The van der Waals surface area contributed by atoms with Crippen LogP contribution in [0.5, 0.6) is 0 Å². The second kappa shape index (κ2) is 8.36. The molecule has 1 fully saturated rings. The van der Waals surface area contributed by atoms with E-state index in [9.17, 15) is 13.2 Å². The van der Waals surface area contributed by atoms with Crippen molar-refractivity contribution in [2.45, 2.75) is 44.6 Å². The van der Waals surface area contributed by atoms with Crippen LogP contribution in [0.3, 0.4) is 0 Å². The van der Waals surface area contributed by atoms with Crippen molar-refractivity contribution in [2.24, 2.45) is 0 Å². The van der Waals surface area contributed by atoms with E-state index < -0.39 is 10.0 Å². The maximum Gasteiger partial charge on any atom is 0.253 e. The maximum absolute atomic E-state index is 13.0. The van der Waals surface area contributed by atoms with Crippen molar-refractivity contribution in [2.75, 3.05) is 13.1 Å². The predicted octanol–water partition coefficient (Wildman–Crippen LogP) is 3.14. The number of benzene rings is 2. The quantitative estimate of drug-likeness (QED) is 0.676. The van der Waals surface area contributed by atoms with Gasteiger partial charge in [-0.3, -0.25) is 4.79 Å². The third-order valence-corrected chi connectivity index (χ3v) is 7.29. The Balaban J connectivity index is 1.41. The summed E-state index contributed by atoms with van der Waals surface area (Å²) in [4.78, 5) is 24.1. The monoisotopic (exact) mass is 438 g/mol. The molecule has 1 aliphatic heterocycles. The fourth-order valence-electron chi connectivity index (χ4n) is 3.75. The van der Waals surface area contributed by atoms with E-state index in [1.54, 1.807) is 41.3 Å². The molecular formula is C23H26N4O3S. The van der Waals surface area contributed by atoms with Crippen LogP contribution >= 0.6 is 0 Å². The Hall–Kier alpha value is -2.84. The third kappa shape index (κ3) is 4.60. The number of aromatic nitrogens is 2. The first-order valence-electron chi connectivity index (χ1n) is 10.4. The van der Waals surface area contributed by atoms with Gasteiger partial charge >= 0.3 is 0 Å². The number of amides is 1. The number of hydrogen-bond donors (Lipinski definition) is 1. The van der Waals surface area contributed by atoms with Crippen LogP contribution in [0.2, 0.25) is 0 Å². The maximum atomic E-state index is 13.0. The van der Waals surface area contributed by atoms with Gasteiger partial charge in [0.2, 0.25) is 10.0 Å². The number of piperidine rings is 1. The lowest BCUT2D eigenvalue weighted by molar-refractivity contribution is 0.0711. The zero-order valence-electron chi connectivity index (χ0n) is 17.9. The fraction of sp³-hybridized carbons (Fsp3) is 0.348. The summed E-state index contributed by atoms with van der Waals surface area (Å²) in [7, 11) is -3.57. The molecule has 31 heavy (non-hydrogen) atoms. The first-order chi connectivity index (χ1) is 14.7. The molecule has 2 aromatic carbocycles. The smallest absolute Gasteiger partial charge is 0.253 e. The second-order valence-electron chi connectivity index (χ2n) is 8.10. The Kier molecular flexibility index (Phi) is 5.77. The molecule has 1 amide bonds. The van der Waals surface area contributed by atoms with E-state index in [1.165, 1.54) is 0 Å². The van der Waals surface area contributed by atoms with Crippen LogP contribution in [0.25, 0.3) is 11.0 Å². The molecule has 1 N–H and O–H groups in total. The van der Waals surface area contributed by atoms with E-state index in [4.69, 9.17) is 0 Å². The van der Waals surface area contributed by atoms with Gasteiger partial charge in [-0.1, -0.05) is 17.7 Å². The number of likely N-dealkylation sites (tertiary alicyclic amines) is 1. The summed E-state index contributed by atoms with van der Waals surface area (Å²) >= 11 is 0. The van der Waals surface area contributed by atoms with E-state index >= 15 is 0 Å². The highest BCUT2D eigenvalue weighted by molar-refractivity contribution is 7.89. The molecule has 1 aromatic heterocycles. The van der Waals surface area contributed by atoms with Crippen LogP contribution in [0.4, 0.5) is 0 Å². The van der Waals surface area contributed by atoms with Gasteiger partial charge in [-0.25, -0.2) is 23.1 Å². The molecule has 0 aliphatic carbocycles. The van der Waals surface area contributed by atoms with Crippen LogP contribution in [-0.4, -0.2) is 48.3 Å². The lowest BCUT2D eigenvalue weighted by atomic mass is 10.0. The van der Waals surface area contributed by atoms with E-state index in [0.29, 0.717) is 37.0 Å². The molecule has 4 rings (SSSR count). The van der Waals surface area contributed by atoms with E-state index in [2.05, 4.69) is 14.7 Å². The Morgan fingerprint density at radius 3 is 2.19 bits per heavy atom. The minimum absolute atomic E-state index is 0.0678. The average molecular weight is 439 g/mol. The molecule has 0 bridgehead atoms. The largest absolute Gasteiger partial charge is 0.339 e. The first kappa shape index (κ1) is 21.4. The molecule has 7 nitrogen and oxygen atoms in total. The summed E-state index contributed by atoms with van der Waals surface area (Å²) in [5, 5.41) is 0. The molecule has 0 atom stereocenters. The Morgan fingerprint density at radius 1 is 0.935 bits per heavy atom. The third-order valence-electron chi connectivity index (χ3n) is 5.76. The predicted molar refractivity (Wildman–Crippen MR) is 119 cm³/mol. The topological polar surface area (TPSA) is 92.3 Å². The van der Waals surface area contributed by atoms with Gasteiger partial charge in [0.15, 0.2) is 0 Å². The molecule has 3 aromatic rings. The molecule has 2 heterocycles. The van der Waals surface area contributed by atoms with Crippen molar-refractivity contribution < 1.29 is 13.2 Å². The van der Waals surface area contributed by atoms with Gasteiger partial charge in [0.05, 0.1) is 27.3 Å². The van der Waals surface area contributed by atoms with Crippen molar-refractivity contribution in [3.63, 3.8) is 0 Å². The Bertz CT molecular complexity index is 1230. The number of nitrogens with one attached hydrogen (secondary N) is 1. The number of carbonyl (C=O) groups is 1. The normalized spacial score (nSPS) is 15.4. The molecule has 0 radical (unpaired) electrons. The number of fused-ring (bicyclic) bond motifs is 1. The molecule has 1 aliphatic rings. The van der Waals surface area contributed by atoms with Gasteiger partial charge in [0, 0.05) is 24.7 Å². The van der Waals surface area contributed by atoms with E-state index in [-0.39, 0.29) is 16.8 Å². The van der Waals surface area contributed by atoms with Gasteiger partial charge in [0.25, 0.3) is 5.91 Å². The lowest BCUT2D eigenvalue weighted by Gasteiger charge is -2.32. The van der Waals surface area contributed by atoms with E-state index in [1.807, 2.05) is 26.8 Å². The van der Waals surface area contributed by atoms with E-state index in [0.717, 1.165) is 22.5 Å². The summed E-state index contributed by atoms with van der Waals surface area (Å²) in [5.74, 6) is -0.0678. The van der Waals surface area contributed by atoms with Crippen LogP contribution < -0.4 is 4.72 Å². The van der Waals surface area contributed by atoms with Crippen LogP contribution in [0, 0.1) is 20.8 Å². The second-order valence-corrected chi connectivity index (χ2v) is 9.81. The summed E-state index contributed by atoms with van der Waals surface area (Å²) in [5.41, 5.74) is 4.78. The molecule has 0 spiro atoms. The van der Waals surface area contributed by atoms with Crippen LogP contribution in [0.15, 0.2) is 47.4 Å². The van der Waals surface area contributed by atoms with Gasteiger partial charge in [-0.2, -0.15) is 0 Å². The van der Waals surface area contributed by atoms with Crippen molar-refractivity contribution in [1.29, 1.82) is 0 Å². The van der Waals surface area contributed by atoms with Gasteiger partial charge < -0.3 is 4.90 Å². The highest BCUT2D eigenvalue weighted by atomic mass is 32.2. The van der Waals surface area contributed by atoms with Crippen molar-refractivity contribution in [3.8, 4) is 0 Å². The Labute approximate surface area is 182 Å². The molecule has 0 saturated carbocycles. The zero-order chi connectivity index (χ0) is 22.2. The summed E-state index contributed by atoms with van der Waals surface area (Å²) in [6, 6.07) is 12.0. The SMILES string of the molecule is Cc1ccc(S(=O)(=O)NC2CCN(C(=O)c3ccc4nc(C)c(C)nc4c3)CC2)cc1. The molecule has 0 unspecified atom stereocenters. The van der Waals surface area contributed by atoms with Crippen LogP contribution in [0.1, 0.15) is 40.2 Å². The minimum atomic E-state index is -3.57. The molecule has 8 heteroatoms. The first-order valence-corrected chi connectivity index (χ1v) is 11.8. The fourth-order valence-corrected chi connectivity index (χ4v) is 5.06.